The van der Waals surface area contributed by atoms with Crippen molar-refractivity contribution in [3.8, 4) is 0 Å². The fourth-order valence-corrected chi connectivity index (χ4v) is 3.76. The van der Waals surface area contributed by atoms with E-state index in [4.69, 9.17) is 0 Å². The quantitative estimate of drug-likeness (QED) is 0.547. The molecule has 1 aliphatic heterocycles. The average molecular weight is 297 g/mol. The maximum absolute atomic E-state index is 13.2. The molecule has 3 aliphatic rings. The van der Waals surface area contributed by atoms with E-state index in [9.17, 15) is 23.2 Å². The Balaban J connectivity index is 1.85. The van der Waals surface area contributed by atoms with Crippen LogP contribution in [0, 0.1) is 11.3 Å². The van der Waals surface area contributed by atoms with Gasteiger partial charge in [0.1, 0.15) is 11.2 Å². The summed E-state index contributed by atoms with van der Waals surface area (Å²) in [6.07, 6.45) is -0.310. The molecule has 1 saturated heterocycles. The van der Waals surface area contributed by atoms with Crippen LogP contribution < -0.4 is 0 Å². The van der Waals surface area contributed by atoms with E-state index in [1.807, 2.05) is 0 Å². The van der Waals surface area contributed by atoms with Gasteiger partial charge in [-0.05, 0) is 17.9 Å². The van der Waals surface area contributed by atoms with E-state index in [1.165, 1.54) is 4.90 Å². The summed E-state index contributed by atoms with van der Waals surface area (Å²) in [5.74, 6) is -3.94. The number of carbonyl (C=O) groups is 3. The van der Waals surface area contributed by atoms with Crippen LogP contribution in [0.2, 0.25) is 0 Å². The predicted molar refractivity (Wildman–Crippen MR) is 69.7 cm³/mol. The summed E-state index contributed by atoms with van der Waals surface area (Å²) in [5, 5.41) is 0. The van der Waals surface area contributed by atoms with Crippen molar-refractivity contribution < 1.29 is 23.2 Å². The number of amides is 1. The molecule has 4 nitrogen and oxygen atoms in total. The minimum atomic E-state index is -2.75. The van der Waals surface area contributed by atoms with Crippen LogP contribution in [-0.2, 0) is 14.4 Å². The van der Waals surface area contributed by atoms with Gasteiger partial charge in [-0.3, -0.25) is 14.4 Å². The molecule has 2 aliphatic carbocycles. The van der Waals surface area contributed by atoms with Gasteiger partial charge < -0.3 is 4.90 Å². The number of fused-ring (bicyclic) bond motifs is 2. The first kappa shape index (κ1) is 14.4. The largest absolute Gasteiger partial charge is 0.341 e. The second kappa shape index (κ2) is 4.45. The topological polar surface area (TPSA) is 54.5 Å². The number of ketones is 2. The lowest BCUT2D eigenvalue weighted by Crippen LogP contribution is -2.52. The minimum absolute atomic E-state index is 0.0633. The second-order valence-electron chi connectivity index (χ2n) is 6.41. The van der Waals surface area contributed by atoms with E-state index in [0.717, 1.165) is 0 Å². The molecule has 6 heteroatoms. The molecule has 0 radical (unpaired) electrons. The summed E-state index contributed by atoms with van der Waals surface area (Å²) in [6.45, 7) is 3.59. The maximum Gasteiger partial charge on any atom is 0.251 e. The van der Waals surface area contributed by atoms with Crippen LogP contribution in [0.4, 0.5) is 8.78 Å². The van der Waals surface area contributed by atoms with E-state index in [0.29, 0.717) is 12.0 Å². The van der Waals surface area contributed by atoms with Gasteiger partial charge in [-0.1, -0.05) is 6.58 Å². The molecule has 3 fully saturated rings. The highest BCUT2D eigenvalue weighted by Gasteiger charge is 2.59. The number of likely N-dealkylation sites (tertiary alicyclic amines) is 1. The molecule has 0 aromatic heterocycles. The van der Waals surface area contributed by atoms with Crippen molar-refractivity contribution >= 4 is 17.5 Å². The molecule has 2 saturated carbocycles. The van der Waals surface area contributed by atoms with Crippen LogP contribution in [0.3, 0.4) is 0 Å². The summed E-state index contributed by atoms with van der Waals surface area (Å²) in [5.41, 5.74) is -1.01. The van der Waals surface area contributed by atoms with E-state index in [2.05, 4.69) is 6.58 Å². The van der Waals surface area contributed by atoms with Crippen LogP contribution in [-0.4, -0.2) is 41.4 Å². The fraction of sp³-hybridized carbons (Fsp3) is 0.667. The summed E-state index contributed by atoms with van der Waals surface area (Å²) >= 11 is 0. The summed E-state index contributed by atoms with van der Waals surface area (Å²) in [6, 6.07) is 0. The van der Waals surface area contributed by atoms with Crippen molar-refractivity contribution in [3.63, 3.8) is 0 Å². The Morgan fingerprint density at radius 1 is 1.24 bits per heavy atom. The smallest absolute Gasteiger partial charge is 0.251 e. The number of allylic oxidation sites excluding steroid dienone is 1. The SMILES string of the molecule is C=C1C(=O)C2(C(=O)N3CCC(F)(F)CC3)CC(=O)CC1C2. The van der Waals surface area contributed by atoms with Crippen LogP contribution in [0.1, 0.15) is 32.1 Å². The van der Waals surface area contributed by atoms with Gasteiger partial charge in [0.05, 0.1) is 0 Å². The molecule has 0 aromatic rings. The Morgan fingerprint density at radius 2 is 1.86 bits per heavy atom. The van der Waals surface area contributed by atoms with Gasteiger partial charge in [-0.2, -0.15) is 0 Å². The molecule has 2 atom stereocenters. The molecular formula is C15H17F2NO3. The molecule has 1 heterocycles. The molecule has 114 valence electrons. The van der Waals surface area contributed by atoms with Crippen molar-refractivity contribution in [2.45, 2.75) is 38.0 Å². The summed E-state index contributed by atoms with van der Waals surface area (Å²) in [4.78, 5) is 38.3. The molecule has 0 spiro atoms. The Morgan fingerprint density at radius 3 is 2.48 bits per heavy atom. The van der Waals surface area contributed by atoms with E-state index in [-0.39, 0.29) is 56.3 Å². The zero-order chi connectivity index (χ0) is 15.4. The molecule has 0 aromatic carbocycles. The van der Waals surface area contributed by atoms with Crippen LogP contribution in [0.25, 0.3) is 0 Å². The van der Waals surface area contributed by atoms with E-state index < -0.39 is 17.2 Å². The van der Waals surface area contributed by atoms with Crippen molar-refractivity contribution in [1.82, 2.24) is 4.90 Å². The van der Waals surface area contributed by atoms with Crippen LogP contribution in [0.5, 0.6) is 0 Å². The van der Waals surface area contributed by atoms with E-state index >= 15 is 0 Å². The third-order valence-electron chi connectivity index (χ3n) is 4.98. The number of rotatable bonds is 1. The number of hydrogen-bond donors (Lipinski definition) is 0. The molecule has 1 amide bonds. The average Bonchev–Trinajstić information content (AvgIpc) is 2.60. The number of hydrogen-bond acceptors (Lipinski definition) is 3. The maximum atomic E-state index is 13.2. The van der Waals surface area contributed by atoms with Gasteiger partial charge in [-0.15, -0.1) is 0 Å². The monoisotopic (exact) mass is 297 g/mol. The van der Waals surface area contributed by atoms with E-state index in [1.54, 1.807) is 0 Å². The molecule has 3 rings (SSSR count). The third kappa shape index (κ3) is 2.12. The Kier molecular flexibility index (Phi) is 3.04. The molecule has 21 heavy (non-hydrogen) atoms. The van der Waals surface area contributed by atoms with Gasteiger partial charge >= 0.3 is 0 Å². The molecule has 2 bridgehead atoms. The number of halogens is 2. The Bertz CT molecular complexity index is 547. The summed E-state index contributed by atoms with van der Waals surface area (Å²) in [7, 11) is 0. The van der Waals surface area contributed by atoms with Gasteiger partial charge in [0.25, 0.3) is 5.92 Å². The Hall–Kier alpha value is -1.59. The second-order valence-corrected chi connectivity index (χ2v) is 6.41. The molecule has 2 unspecified atom stereocenters. The van der Waals surface area contributed by atoms with Gasteiger partial charge in [0, 0.05) is 38.8 Å². The van der Waals surface area contributed by atoms with Crippen molar-refractivity contribution in [1.29, 1.82) is 0 Å². The van der Waals surface area contributed by atoms with Crippen molar-refractivity contribution in [2.75, 3.05) is 13.1 Å². The first-order valence-electron chi connectivity index (χ1n) is 7.18. The fourth-order valence-electron chi connectivity index (χ4n) is 3.76. The lowest BCUT2D eigenvalue weighted by molar-refractivity contribution is -0.155. The van der Waals surface area contributed by atoms with Crippen molar-refractivity contribution in [3.05, 3.63) is 12.2 Å². The predicted octanol–water partition coefficient (Wildman–Crippen LogP) is 1.74. The third-order valence-corrected chi connectivity index (χ3v) is 4.98. The number of carbonyl (C=O) groups excluding carboxylic acids is 3. The first-order chi connectivity index (χ1) is 9.75. The number of alkyl halides is 2. The van der Waals surface area contributed by atoms with Crippen LogP contribution >= 0.6 is 0 Å². The standard InChI is InChI=1S/C15H17F2NO3/c1-9-10-6-11(19)8-14(7-10,12(9)20)13(21)18-4-2-15(16,17)3-5-18/h10H,1-8H2. The number of nitrogens with zero attached hydrogens (tertiary/aromatic N) is 1. The summed E-state index contributed by atoms with van der Waals surface area (Å²) < 4.78 is 26.4. The zero-order valence-electron chi connectivity index (χ0n) is 11.7. The highest BCUT2D eigenvalue weighted by Crippen LogP contribution is 2.51. The minimum Gasteiger partial charge on any atom is -0.341 e. The normalized spacial score (nSPS) is 35.2. The molecule has 0 N–H and O–H groups in total. The van der Waals surface area contributed by atoms with Gasteiger partial charge in [0.2, 0.25) is 5.91 Å². The lowest BCUT2D eigenvalue weighted by Gasteiger charge is -2.38. The highest BCUT2D eigenvalue weighted by atomic mass is 19.3. The van der Waals surface area contributed by atoms with Gasteiger partial charge in [0.15, 0.2) is 5.78 Å². The highest BCUT2D eigenvalue weighted by molar-refractivity contribution is 6.19. The van der Waals surface area contributed by atoms with Crippen molar-refractivity contribution in [2.24, 2.45) is 11.3 Å². The Labute approximate surface area is 121 Å². The first-order valence-corrected chi connectivity index (χ1v) is 7.18. The lowest BCUT2D eigenvalue weighted by atomic mass is 9.73. The van der Waals surface area contributed by atoms with Gasteiger partial charge in [-0.25, -0.2) is 8.78 Å². The molecular weight excluding hydrogens is 280 g/mol. The number of piperidine rings is 1. The zero-order valence-corrected chi connectivity index (χ0v) is 11.7. The van der Waals surface area contributed by atoms with Crippen LogP contribution in [0.15, 0.2) is 12.2 Å². The number of Topliss-reactive ketones (excluding diaryl/α,β-unsaturated/α-hetero) is 2.